The van der Waals surface area contributed by atoms with Gasteiger partial charge in [-0.05, 0) is 47.9 Å². The molecule has 2 N–H and O–H groups in total. The van der Waals surface area contributed by atoms with Gasteiger partial charge in [-0.2, -0.15) is 0 Å². The first-order valence-corrected chi connectivity index (χ1v) is 7.82. The Balaban J connectivity index is 0.000000956. The predicted octanol–water partition coefficient (Wildman–Crippen LogP) is 4.31. The summed E-state index contributed by atoms with van der Waals surface area (Å²) >= 11 is 0. The van der Waals surface area contributed by atoms with Crippen LogP contribution < -0.4 is 5.73 Å². The molecule has 112 valence electrons. The standard InChI is InChI=1S/C16H23NO.C2H6/c1-10(2)16(11(3)4)8-7-12-5-6-13(15(17)18)9-14(12)16;1-2/h5-6,9-11H,7-8H2,1-4H3,(H2,17,18);1-2H3. The molecule has 0 unspecified atom stereocenters. The first-order chi connectivity index (χ1) is 9.39. The van der Waals surface area contributed by atoms with Gasteiger partial charge in [0.1, 0.15) is 0 Å². The number of carbonyl (C=O) groups excluding carboxylic acids is 1. The third kappa shape index (κ3) is 2.61. The number of primary amides is 1. The van der Waals surface area contributed by atoms with Crippen LogP contribution in [0.15, 0.2) is 18.2 Å². The summed E-state index contributed by atoms with van der Waals surface area (Å²) in [6.45, 7) is 13.1. The monoisotopic (exact) mass is 275 g/mol. The summed E-state index contributed by atoms with van der Waals surface area (Å²) in [6, 6.07) is 5.98. The Morgan fingerprint density at radius 1 is 1.15 bits per heavy atom. The molecule has 0 bridgehead atoms. The number of hydrogen-bond donors (Lipinski definition) is 1. The van der Waals surface area contributed by atoms with Gasteiger partial charge in [-0.15, -0.1) is 0 Å². The molecule has 20 heavy (non-hydrogen) atoms. The predicted molar refractivity (Wildman–Crippen MR) is 86.0 cm³/mol. The van der Waals surface area contributed by atoms with Gasteiger partial charge in [0.2, 0.25) is 5.91 Å². The molecule has 0 aromatic heterocycles. The van der Waals surface area contributed by atoms with Crippen LogP contribution in [0.2, 0.25) is 0 Å². The Labute approximate surface area is 123 Å². The molecule has 1 amide bonds. The van der Waals surface area contributed by atoms with Crippen LogP contribution in [-0.4, -0.2) is 5.91 Å². The molecule has 0 spiro atoms. The van der Waals surface area contributed by atoms with E-state index < -0.39 is 0 Å². The Bertz CT molecular complexity index is 466. The minimum absolute atomic E-state index is 0.195. The quantitative estimate of drug-likeness (QED) is 0.877. The lowest BCUT2D eigenvalue weighted by atomic mass is 9.65. The number of carbonyl (C=O) groups is 1. The normalized spacial score (nSPS) is 15.8. The third-order valence-electron chi connectivity index (χ3n) is 4.76. The van der Waals surface area contributed by atoms with E-state index in [9.17, 15) is 4.79 Å². The van der Waals surface area contributed by atoms with Crippen molar-refractivity contribution in [2.45, 2.75) is 59.8 Å². The zero-order chi connectivity index (χ0) is 15.5. The average Bonchev–Trinajstić information content (AvgIpc) is 2.80. The molecule has 0 fully saturated rings. The van der Waals surface area contributed by atoms with E-state index in [0.717, 1.165) is 6.42 Å². The second-order valence-corrected chi connectivity index (χ2v) is 6.09. The number of fused-ring (bicyclic) bond motifs is 1. The van der Waals surface area contributed by atoms with Gasteiger partial charge in [0.05, 0.1) is 0 Å². The molecule has 1 aromatic carbocycles. The van der Waals surface area contributed by atoms with E-state index in [4.69, 9.17) is 5.73 Å². The van der Waals surface area contributed by atoms with Gasteiger partial charge in [-0.3, -0.25) is 4.79 Å². The molecule has 2 heteroatoms. The van der Waals surface area contributed by atoms with Gasteiger partial charge in [0, 0.05) is 11.0 Å². The molecular formula is C18H29NO. The van der Waals surface area contributed by atoms with E-state index in [0.29, 0.717) is 17.4 Å². The molecule has 0 radical (unpaired) electrons. The topological polar surface area (TPSA) is 43.1 Å². The van der Waals surface area contributed by atoms with Crippen molar-refractivity contribution < 1.29 is 4.79 Å². The van der Waals surface area contributed by atoms with Gasteiger partial charge < -0.3 is 5.73 Å². The van der Waals surface area contributed by atoms with Crippen molar-refractivity contribution in [3.63, 3.8) is 0 Å². The maximum absolute atomic E-state index is 11.4. The van der Waals surface area contributed by atoms with Crippen LogP contribution in [0.4, 0.5) is 0 Å². The minimum Gasteiger partial charge on any atom is -0.366 e. The molecule has 1 aliphatic carbocycles. The fraction of sp³-hybridized carbons (Fsp3) is 0.611. The third-order valence-corrected chi connectivity index (χ3v) is 4.76. The number of rotatable bonds is 3. The van der Waals surface area contributed by atoms with E-state index >= 15 is 0 Å². The highest BCUT2D eigenvalue weighted by molar-refractivity contribution is 5.93. The molecule has 0 aliphatic heterocycles. The van der Waals surface area contributed by atoms with E-state index in [-0.39, 0.29) is 11.3 Å². The molecule has 0 heterocycles. The highest BCUT2D eigenvalue weighted by Gasteiger charge is 2.43. The van der Waals surface area contributed by atoms with Crippen LogP contribution in [0.1, 0.15) is 69.4 Å². The lowest BCUT2D eigenvalue weighted by molar-refractivity contribution is 0.1000. The van der Waals surface area contributed by atoms with Crippen LogP contribution in [-0.2, 0) is 11.8 Å². The van der Waals surface area contributed by atoms with Gasteiger partial charge >= 0.3 is 0 Å². The maximum Gasteiger partial charge on any atom is 0.248 e. The van der Waals surface area contributed by atoms with Crippen LogP contribution >= 0.6 is 0 Å². The van der Waals surface area contributed by atoms with Crippen molar-refractivity contribution in [2.75, 3.05) is 0 Å². The largest absolute Gasteiger partial charge is 0.366 e. The minimum atomic E-state index is -0.328. The summed E-state index contributed by atoms with van der Waals surface area (Å²) in [7, 11) is 0. The molecule has 1 aromatic rings. The van der Waals surface area contributed by atoms with Crippen molar-refractivity contribution in [3.8, 4) is 0 Å². The summed E-state index contributed by atoms with van der Waals surface area (Å²) < 4.78 is 0. The zero-order valence-electron chi connectivity index (χ0n) is 13.8. The second kappa shape index (κ2) is 6.43. The number of aryl methyl sites for hydroxylation is 1. The molecule has 0 atom stereocenters. The van der Waals surface area contributed by atoms with Crippen molar-refractivity contribution in [1.82, 2.24) is 0 Å². The van der Waals surface area contributed by atoms with Crippen molar-refractivity contribution in [1.29, 1.82) is 0 Å². The first kappa shape index (κ1) is 16.7. The van der Waals surface area contributed by atoms with Crippen molar-refractivity contribution >= 4 is 5.91 Å². The van der Waals surface area contributed by atoms with Gasteiger partial charge in [0.25, 0.3) is 0 Å². The fourth-order valence-electron chi connectivity index (χ4n) is 3.72. The Hall–Kier alpha value is -1.31. The van der Waals surface area contributed by atoms with E-state index in [1.54, 1.807) is 0 Å². The van der Waals surface area contributed by atoms with E-state index in [2.05, 4.69) is 33.8 Å². The fourth-order valence-corrected chi connectivity index (χ4v) is 3.72. The lowest BCUT2D eigenvalue weighted by Crippen LogP contribution is -2.35. The first-order valence-electron chi connectivity index (χ1n) is 7.82. The summed E-state index contributed by atoms with van der Waals surface area (Å²) in [5.74, 6) is 0.815. The molecule has 2 nitrogen and oxygen atoms in total. The van der Waals surface area contributed by atoms with Crippen LogP contribution in [0.5, 0.6) is 0 Å². The van der Waals surface area contributed by atoms with Crippen molar-refractivity contribution in [2.24, 2.45) is 17.6 Å². The average molecular weight is 275 g/mol. The van der Waals surface area contributed by atoms with Crippen LogP contribution in [0, 0.1) is 11.8 Å². The lowest BCUT2D eigenvalue weighted by Gasteiger charge is -2.39. The second-order valence-electron chi connectivity index (χ2n) is 6.09. The summed E-state index contributed by atoms with van der Waals surface area (Å²) in [6.07, 6.45) is 2.30. The molecular weight excluding hydrogens is 246 g/mol. The Kier molecular flexibility index (Phi) is 5.38. The smallest absolute Gasteiger partial charge is 0.248 e. The van der Waals surface area contributed by atoms with E-state index in [1.807, 2.05) is 26.0 Å². The summed E-state index contributed by atoms with van der Waals surface area (Å²) in [5.41, 5.74) is 8.99. The highest BCUT2D eigenvalue weighted by atomic mass is 16.1. The number of hydrogen-bond acceptors (Lipinski definition) is 1. The number of benzene rings is 1. The van der Waals surface area contributed by atoms with Crippen molar-refractivity contribution in [3.05, 3.63) is 34.9 Å². The SMILES string of the molecule is CC.CC(C)C1(C(C)C)CCc2ccc(C(N)=O)cc21. The zero-order valence-corrected chi connectivity index (χ0v) is 13.8. The van der Waals surface area contributed by atoms with E-state index in [1.165, 1.54) is 17.5 Å². The van der Waals surface area contributed by atoms with Gasteiger partial charge in [-0.25, -0.2) is 0 Å². The molecule has 0 saturated heterocycles. The maximum atomic E-state index is 11.4. The summed E-state index contributed by atoms with van der Waals surface area (Å²) in [5, 5.41) is 0. The Morgan fingerprint density at radius 2 is 1.70 bits per heavy atom. The van der Waals surface area contributed by atoms with Gasteiger partial charge in [-0.1, -0.05) is 47.6 Å². The number of nitrogens with two attached hydrogens (primary N) is 1. The number of amides is 1. The molecule has 2 rings (SSSR count). The highest BCUT2D eigenvalue weighted by Crippen LogP contribution is 2.49. The molecule has 0 saturated carbocycles. The van der Waals surface area contributed by atoms with Crippen LogP contribution in [0.25, 0.3) is 0 Å². The Morgan fingerprint density at radius 3 is 2.15 bits per heavy atom. The van der Waals surface area contributed by atoms with Crippen LogP contribution in [0.3, 0.4) is 0 Å². The molecule has 1 aliphatic rings. The van der Waals surface area contributed by atoms with Gasteiger partial charge in [0.15, 0.2) is 0 Å². The summed E-state index contributed by atoms with van der Waals surface area (Å²) in [4.78, 5) is 11.4.